The van der Waals surface area contributed by atoms with Crippen molar-refractivity contribution in [3.05, 3.63) is 37.2 Å². The lowest BCUT2D eigenvalue weighted by atomic mass is 9.94. The minimum absolute atomic E-state index is 0.153. The van der Waals surface area contributed by atoms with Gasteiger partial charge in [0.1, 0.15) is 0 Å². The number of carbonyl (C=O) groups excluding carboxylic acids is 1. The summed E-state index contributed by atoms with van der Waals surface area (Å²) in [5.74, 6) is 1.29. The smallest absolute Gasteiger partial charge is 0.233 e. The van der Waals surface area contributed by atoms with E-state index in [0.717, 1.165) is 29.4 Å². The normalized spacial score (nSPS) is 15.0. The molecule has 1 aliphatic carbocycles. The van der Waals surface area contributed by atoms with Gasteiger partial charge in [-0.2, -0.15) is 0 Å². The highest BCUT2D eigenvalue weighted by molar-refractivity contribution is 7.99. The molecule has 6 nitrogen and oxygen atoms in total. The molecule has 1 saturated carbocycles. The van der Waals surface area contributed by atoms with E-state index in [0.29, 0.717) is 18.3 Å². The molecule has 0 aliphatic heterocycles. The van der Waals surface area contributed by atoms with Crippen molar-refractivity contribution >= 4 is 17.7 Å². The van der Waals surface area contributed by atoms with Gasteiger partial charge in [-0.05, 0) is 25.0 Å². The van der Waals surface area contributed by atoms with Crippen LogP contribution >= 0.6 is 11.8 Å². The van der Waals surface area contributed by atoms with Crippen molar-refractivity contribution in [1.82, 2.24) is 24.6 Å². The van der Waals surface area contributed by atoms with Gasteiger partial charge in [0.15, 0.2) is 11.0 Å². The van der Waals surface area contributed by atoms with E-state index in [4.69, 9.17) is 0 Å². The largest absolute Gasteiger partial charge is 0.342 e. The lowest BCUT2D eigenvalue weighted by Gasteiger charge is -2.31. The highest BCUT2D eigenvalue weighted by Crippen LogP contribution is 2.25. The average Bonchev–Trinajstić information content (AvgIpc) is 3.10. The van der Waals surface area contributed by atoms with Gasteiger partial charge in [0, 0.05) is 37.6 Å². The molecule has 26 heavy (non-hydrogen) atoms. The highest BCUT2D eigenvalue weighted by atomic mass is 32.2. The third kappa shape index (κ3) is 4.33. The number of allylic oxidation sites excluding steroid dienone is 1. The van der Waals surface area contributed by atoms with Crippen LogP contribution in [0.5, 0.6) is 0 Å². The Morgan fingerprint density at radius 2 is 2.04 bits per heavy atom. The second kappa shape index (κ2) is 8.98. The molecule has 0 spiro atoms. The first-order valence-electron chi connectivity index (χ1n) is 9.03. The van der Waals surface area contributed by atoms with E-state index in [1.54, 1.807) is 12.4 Å². The molecule has 0 unspecified atom stereocenters. The number of amides is 1. The van der Waals surface area contributed by atoms with E-state index < -0.39 is 0 Å². The molecule has 2 heterocycles. The summed E-state index contributed by atoms with van der Waals surface area (Å²) >= 11 is 1.44. The van der Waals surface area contributed by atoms with E-state index in [1.807, 2.05) is 34.7 Å². The summed E-state index contributed by atoms with van der Waals surface area (Å²) in [6.07, 6.45) is 11.2. The molecule has 0 saturated heterocycles. The number of carbonyl (C=O) groups is 1. The fraction of sp³-hybridized carbons (Fsp3) is 0.474. The van der Waals surface area contributed by atoms with Gasteiger partial charge in [0.2, 0.25) is 5.91 Å². The van der Waals surface area contributed by atoms with Crippen LogP contribution in [-0.2, 0) is 11.3 Å². The van der Waals surface area contributed by atoms with Crippen molar-refractivity contribution in [2.75, 3.05) is 12.8 Å². The van der Waals surface area contributed by atoms with Gasteiger partial charge in [0.05, 0.1) is 5.75 Å². The van der Waals surface area contributed by atoms with Crippen LogP contribution in [0.25, 0.3) is 11.4 Å². The number of aromatic nitrogens is 4. The maximum Gasteiger partial charge on any atom is 0.233 e. The van der Waals surface area contributed by atoms with E-state index in [9.17, 15) is 4.79 Å². The first kappa shape index (κ1) is 18.6. The summed E-state index contributed by atoms with van der Waals surface area (Å²) in [4.78, 5) is 18.5. The molecule has 0 N–H and O–H groups in total. The molecular weight excluding hydrogens is 346 g/mol. The predicted octanol–water partition coefficient (Wildman–Crippen LogP) is 3.41. The summed E-state index contributed by atoms with van der Waals surface area (Å²) in [6.45, 7) is 4.42. The monoisotopic (exact) mass is 371 g/mol. The number of hydrogen-bond acceptors (Lipinski definition) is 5. The molecule has 7 heteroatoms. The summed E-state index contributed by atoms with van der Waals surface area (Å²) in [7, 11) is 1.93. The fourth-order valence-corrected chi connectivity index (χ4v) is 4.18. The molecular formula is C19H25N5OS. The summed E-state index contributed by atoms with van der Waals surface area (Å²) in [5, 5.41) is 9.34. The highest BCUT2D eigenvalue weighted by Gasteiger charge is 2.23. The van der Waals surface area contributed by atoms with Crippen LogP contribution in [0.3, 0.4) is 0 Å². The Morgan fingerprint density at radius 3 is 2.73 bits per heavy atom. The van der Waals surface area contributed by atoms with Gasteiger partial charge in [-0.25, -0.2) is 0 Å². The number of rotatable bonds is 7. The quantitative estimate of drug-likeness (QED) is 0.551. The summed E-state index contributed by atoms with van der Waals surface area (Å²) in [5.41, 5.74) is 0.951. The molecule has 2 aromatic rings. The average molecular weight is 372 g/mol. The second-order valence-corrected chi connectivity index (χ2v) is 7.47. The summed E-state index contributed by atoms with van der Waals surface area (Å²) < 4.78 is 1.99. The molecule has 1 amide bonds. The van der Waals surface area contributed by atoms with Gasteiger partial charge in [-0.15, -0.1) is 16.8 Å². The Hall–Kier alpha value is -2.15. The Morgan fingerprint density at radius 1 is 1.31 bits per heavy atom. The lowest BCUT2D eigenvalue weighted by molar-refractivity contribution is -0.129. The molecule has 1 fully saturated rings. The van der Waals surface area contributed by atoms with Crippen LogP contribution < -0.4 is 0 Å². The maximum atomic E-state index is 12.6. The van der Waals surface area contributed by atoms with E-state index in [1.165, 1.54) is 31.0 Å². The fourth-order valence-electron chi connectivity index (χ4n) is 3.30. The van der Waals surface area contributed by atoms with Crippen molar-refractivity contribution < 1.29 is 4.79 Å². The number of hydrogen-bond donors (Lipinski definition) is 0. The van der Waals surface area contributed by atoms with Gasteiger partial charge < -0.3 is 4.90 Å². The topological polar surface area (TPSA) is 63.9 Å². The Labute approximate surface area is 158 Å². The summed E-state index contributed by atoms with van der Waals surface area (Å²) in [6, 6.07) is 4.19. The lowest BCUT2D eigenvalue weighted by Crippen LogP contribution is -2.39. The SMILES string of the molecule is C=CCn1c(SCC(=O)N(C)C2CCCCC2)nnc1-c1ccncc1. The Kier molecular flexibility index (Phi) is 6.44. The maximum absolute atomic E-state index is 12.6. The molecule has 138 valence electrons. The zero-order valence-electron chi connectivity index (χ0n) is 15.2. The van der Waals surface area contributed by atoms with Crippen LogP contribution in [0.15, 0.2) is 42.3 Å². The molecule has 2 aromatic heterocycles. The molecule has 0 aromatic carbocycles. The van der Waals surface area contributed by atoms with Crippen molar-refractivity contribution in [2.24, 2.45) is 0 Å². The number of nitrogens with zero attached hydrogens (tertiary/aromatic N) is 5. The van der Waals surface area contributed by atoms with E-state index in [2.05, 4.69) is 21.8 Å². The Balaban J connectivity index is 1.68. The molecule has 0 radical (unpaired) electrons. The first-order valence-corrected chi connectivity index (χ1v) is 10.0. The molecule has 1 aliphatic rings. The van der Waals surface area contributed by atoms with Gasteiger partial charge in [-0.3, -0.25) is 14.3 Å². The van der Waals surface area contributed by atoms with Crippen LogP contribution in [0, 0.1) is 0 Å². The standard InChI is InChI=1S/C19H25N5OS/c1-3-13-24-18(15-9-11-20-12-10-15)21-22-19(24)26-14-17(25)23(2)16-7-5-4-6-8-16/h3,9-12,16H,1,4-8,13-14H2,2H3. The number of thioether (sulfide) groups is 1. The van der Waals surface area contributed by atoms with E-state index >= 15 is 0 Å². The van der Waals surface area contributed by atoms with Gasteiger partial charge in [-0.1, -0.05) is 37.1 Å². The minimum atomic E-state index is 0.153. The van der Waals surface area contributed by atoms with Crippen LogP contribution in [0.4, 0.5) is 0 Å². The van der Waals surface area contributed by atoms with Gasteiger partial charge >= 0.3 is 0 Å². The molecule has 3 rings (SSSR count). The van der Waals surface area contributed by atoms with Crippen molar-refractivity contribution in [1.29, 1.82) is 0 Å². The predicted molar refractivity (Wildman–Crippen MR) is 104 cm³/mol. The molecule has 0 bridgehead atoms. The third-order valence-electron chi connectivity index (χ3n) is 4.81. The van der Waals surface area contributed by atoms with Crippen molar-refractivity contribution in [2.45, 2.75) is 49.8 Å². The molecule has 0 atom stereocenters. The van der Waals surface area contributed by atoms with Gasteiger partial charge in [0.25, 0.3) is 0 Å². The second-order valence-electron chi connectivity index (χ2n) is 6.53. The minimum Gasteiger partial charge on any atom is -0.342 e. The third-order valence-corrected chi connectivity index (χ3v) is 5.76. The number of pyridine rings is 1. The van der Waals surface area contributed by atoms with Crippen LogP contribution in [-0.4, -0.2) is 49.4 Å². The Bertz CT molecular complexity index is 740. The van der Waals surface area contributed by atoms with Crippen molar-refractivity contribution in [3.63, 3.8) is 0 Å². The van der Waals surface area contributed by atoms with Crippen LogP contribution in [0.2, 0.25) is 0 Å². The zero-order chi connectivity index (χ0) is 18.4. The first-order chi connectivity index (χ1) is 12.7. The van der Waals surface area contributed by atoms with E-state index in [-0.39, 0.29) is 5.91 Å². The van der Waals surface area contributed by atoms with Crippen LogP contribution in [0.1, 0.15) is 32.1 Å². The zero-order valence-corrected chi connectivity index (χ0v) is 16.0. The van der Waals surface area contributed by atoms with Crippen molar-refractivity contribution in [3.8, 4) is 11.4 Å².